The molecule has 0 saturated heterocycles. The van der Waals surface area contributed by atoms with Crippen LogP contribution >= 0.6 is 0 Å². The van der Waals surface area contributed by atoms with E-state index in [1.807, 2.05) is 20.8 Å². The Balaban J connectivity index is 2.08. The van der Waals surface area contributed by atoms with Gasteiger partial charge in [0, 0.05) is 6.54 Å². The highest BCUT2D eigenvalue weighted by Crippen LogP contribution is 2.33. The highest BCUT2D eigenvalue weighted by molar-refractivity contribution is 5.67. The smallest absolute Gasteiger partial charge is 0.407 e. The van der Waals surface area contributed by atoms with Gasteiger partial charge in [-0.1, -0.05) is 0 Å². The molecule has 1 fully saturated rings. The van der Waals surface area contributed by atoms with Gasteiger partial charge in [0.1, 0.15) is 5.60 Å². The van der Waals surface area contributed by atoms with Crippen LogP contribution in [0.4, 0.5) is 4.79 Å². The van der Waals surface area contributed by atoms with Crippen LogP contribution in [0.1, 0.15) is 33.6 Å². The lowest BCUT2D eigenvalue weighted by molar-refractivity contribution is 0.0525. The van der Waals surface area contributed by atoms with Crippen LogP contribution in [0.5, 0.6) is 0 Å². The van der Waals surface area contributed by atoms with Gasteiger partial charge in [0.05, 0.1) is 0 Å². The van der Waals surface area contributed by atoms with E-state index in [-0.39, 0.29) is 6.09 Å². The summed E-state index contributed by atoms with van der Waals surface area (Å²) in [5.41, 5.74) is 5.09. The zero-order chi connectivity index (χ0) is 11.5. The van der Waals surface area contributed by atoms with Crippen LogP contribution in [0.25, 0.3) is 0 Å². The Morgan fingerprint density at radius 2 is 2.13 bits per heavy atom. The molecule has 1 saturated carbocycles. The second kappa shape index (κ2) is 4.84. The Morgan fingerprint density at radius 3 is 2.60 bits per heavy atom. The van der Waals surface area contributed by atoms with Crippen LogP contribution in [0.15, 0.2) is 0 Å². The van der Waals surface area contributed by atoms with E-state index in [4.69, 9.17) is 10.5 Å². The summed E-state index contributed by atoms with van der Waals surface area (Å²) >= 11 is 0. The van der Waals surface area contributed by atoms with Crippen molar-refractivity contribution < 1.29 is 9.53 Å². The first-order valence-electron chi connectivity index (χ1n) is 5.41. The molecule has 1 aliphatic rings. The third-order valence-corrected chi connectivity index (χ3v) is 2.37. The van der Waals surface area contributed by atoms with E-state index in [0.717, 1.165) is 19.4 Å². The Morgan fingerprint density at radius 1 is 1.53 bits per heavy atom. The lowest BCUT2D eigenvalue weighted by Gasteiger charge is -2.34. The van der Waals surface area contributed by atoms with Crippen LogP contribution in [0, 0.1) is 11.8 Å². The number of ether oxygens (including phenoxy) is 1. The van der Waals surface area contributed by atoms with Crippen LogP contribution in [-0.2, 0) is 4.74 Å². The summed E-state index contributed by atoms with van der Waals surface area (Å²) in [6, 6.07) is 0. The van der Waals surface area contributed by atoms with Crippen molar-refractivity contribution >= 4 is 6.09 Å². The number of hydrogen-bond donors (Lipinski definition) is 2. The predicted octanol–water partition coefficient (Wildman–Crippen LogP) is 1.45. The van der Waals surface area contributed by atoms with Crippen molar-refractivity contribution in [2.45, 2.75) is 39.2 Å². The largest absolute Gasteiger partial charge is 0.444 e. The van der Waals surface area contributed by atoms with Gasteiger partial charge in [-0.2, -0.15) is 0 Å². The molecule has 1 aliphatic carbocycles. The van der Waals surface area contributed by atoms with Crippen molar-refractivity contribution in [2.75, 3.05) is 13.1 Å². The molecule has 15 heavy (non-hydrogen) atoms. The molecule has 0 unspecified atom stereocenters. The number of nitrogens with one attached hydrogen (secondary N) is 1. The maximum absolute atomic E-state index is 11.3. The molecule has 87 valence electrons. The summed E-state index contributed by atoms with van der Waals surface area (Å²) < 4.78 is 5.12. The summed E-state index contributed by atoms with van der Waals surface area (Å²) in [5.74, 6) is 1.98. The van der Waals surface area contributed by atoms with E-state index >= 15 is 0 Å². The zero-order valence-corrected chi connectivity index (χ0v) is 9.80. The highest BCUT2D eigenvalue weighted by atomic mass is 16.6. The molecule has 1 radical (unpaired) electrons. The van der Waals surface area contributed by atoms with Gasteiger partial charge in [-0.25, -0.2) is 4.79 Å². The van der Waals surface area contributed by atoms with Gasteiger partial charge in [0.2, 0.25) is 0 Å². The van der Waals surface area contributed by atoms with Gasteiger partial charge in [-0.3, -0.25) is 0 Å². The van der Waals surface area contributed by atoms with E-state index in [0.29, 0.717) is 12.5 Å². The van der Waals surface area contributed by atoms with Crippen molar-refractivity contribution in [2.24, 2.45) is 11.7 Å². The van der Waals surface area contributed by atoms with E-state index in [2.05, 4.69) is 5.32 Å². The van der Waals surface area contributed by atoms with Gasteiger partial charge in [-0.15, -0.1) is 0 Å². The SMILES string of the molecule is CC(C)(C)OC(=O)NC[C]1CC(CN)C1. The summed E-state index contributed by atoms with van der Waals surface area (Å²) in [7, 11) is 0. The quantitative estimate of drug-likeness (QED) is 0.746. The molecule has 0 aliphatic heterocycles. The second-order valence-electron chi connectivity index (χ2n) is 5.12. The number of nitrogens with two attached hydrogens (primary N) is 1. The molecule has 1 amide bonds. The van der Waals surface area contributed by atoms with Crippen molar-refractivity contribution in [1.82, 2.24) is 5.32 Å². The number of rotatable bonds is 3. The standard InChI is InChI=1S/C11H21N2O2/c1-11(2,3)15-10(14)13-7-9-4-8(5-9)6-12/h8H,4-7,12H2,1-3H3,(H,13,14). The normalized spacial score (nSPS) is 18.4. The number of carbonyl (C=O) groups excluding carboxylic acids is 1. The second-order valence-corrected chi connectivity index (χ2v) is 5.12. The fourth-order valence-electron chi connectivity index (χ4n) is 1.58. The first kappa shape index (κ1) is 12.3. The third-order valence-electron chi connectivity index (χ3n) is 2.37. The Labute approximate surface area is 91.5 Å². The van der Waals surface area contributed by atoms with E-state index in [1.54, 1.807) is 0 Å². The minimum Gasteiger partial charge on any atom is -0.444 e. The van der Waals surface area contributed by atoms with Gasteiger partial charge in [0.15, 0.2) is 0 Å². The molecule has 4 nitrogen and oxygen atoms in total. The average molecular weight is 213 g/mol. The molecule has 0 aromatic rings. The summed E-state index contributed by atoms with van der Waals surface area (Å²) in [6.45, 7) is 6.94. The van der Waals surface area contributed by atoms with E-state index in [9.17, 15) is 4.79 Å². The number of alkyl carbamates (subject to hydrolysis) is 1. The van der Waals surface area contributed by atoms with Gasteiger partial charge in [0.25, 0.3) is 0 Å². The minimum atomic E-state index is -0.422. The van der Waals surface area contributed by atoms with Crippen LogP contribution in [0.2, 0.25) is 0 Å². The summed E-state index contributed by atoms with van der Waals surface area (Å²) in [5, 5.41) is 2.75. The summed E-state index contributed by atoms with van der Waals surface area (Å²) in [6.07, 6.45) is 1.75. The Hall–Kier alpha value is -0.770. The molecule has 4 heteroatoms. The van der Waals surface area contributed by atoms with E-state index in [1.165, 1.54) is 5.92 Å². The Kier molecular flexibility index (Phi) is 3.97. The average Bonchev–Trinajstić information content (AvgIpc) is 1.98. The fourth-order valence-corrected chi connectivity index (χ4v) is 1.58. The molecule has 0 aromatic carbocycles. The minimum absolute atomic E-state index is 0.341. The molecule has 0 aromatic heterocycles. The van der Waals surface area contributed by atoms with Crippen molar-refractivity contribution in [3.63, 3.8) is 0 Å². The lowest BCUT2D eigenvalue weighted by Crippen LogP contribution is -2.39. The molecule has 0 heterocycles. The van der Waals surface area contributed by atoms with Gasteiger partial charge < -0.3 is 15.8 Å². The first-order valence-corrected chi connectivity index (χ1v) is 5.41. The summed E-state index contributed by atoms with van der Waals surface area (Å²) in [4.78, 5) is 11.3. The van der Waals surface area contributed by atoms with Crippen LogP contribution in [-0.4, -0.2) is 24.8 Å². The highest BCUT2D eigenvalue weighted by Gasteiger charge is 2.29. The molecular weight excluding hydrogens is 192 g/mol. The van der Waals surface area contributed by atoms with Gasteiger partial charge >= 0.3 is 6.09 Å². The third kappa shape index (κ3) is 4.51. The number of amides is 1. The molecule has 0 atom stereocenters. The first-order chi connectivity index (χ1) is 6.90. The van der Waals surface area contributed by atoms with Crippen LogP contribution in [0.3, 0.4) is 0 Å². The van der Waals surface area contributed by atoms with Crippen molar-refractivity contribution in [3.05, 3.63) is 5.92 Å². The number of carbonyl (C=O) groups is 1. The maximum atomic E-state index is 11.3. The predicted molar refractivity (Wildman–Crippen MR) is 59.3 cm³/mol. The molecule has 3 N–H and O–H groups in total. The van der Waals surface area contributed by atoms with Crippen molar-refractivity contribution in [1.29, 1.82) is 0 Å². The van der Waals surface area contributed by atoms with Crippen molar-refractivity contribution in [3.8, 4) is 0 Å². The molecule has 0 bridgehead atoms. The molecular formula is C11H21N2O2. The van der Waals surface area contributed by atoms with Gasteiger partial charge in [-0.05, 0) is 52.0 Å². The van der Waals surface area contributed by atoms with Crippen LogP contribution < -0.4 is 11.1 Å². The monoisotopic (exact) mass is 213 g/mol. The lowest BCUT2D eigenvalue weighted by atomic mass is 9.75. The molecule has 0 spiro atoms. The molecule has 1 rings (SSSR count). The fraction of sp³-hybridized carbons (Fsp3) is 0.818. The number of hydrogen-bond acceptors (Lipinski definition) is 3. The Bertz CT molecular complexity index is 217. The zero-order valence-electron chi connectivity index (χ0n) is 9.80. The van der Waals surface area contributed by atoms with E-state index < -0.39 is 5.60 Å². The maximum Gasteiger partial charge on any atom is 0.407 e. The topological polar surface area (TPSA) is 64.3 Å².